The SMILES string of the molecule is COc1c(OCCCOc2cn3c(c2OC)C=[N+](O)C2=CC=C(c4ccc(N5CCN(C)CC5)cc4)CC2C3)cn2c1C=[N+]([O-])C1=CC=C(c3ccc(NC(=O)C(C)NC(=O)C(C(C)C)N(CC4c5ccccc5-c5ccccc54)C(=O)O)cc3)CC1C2. The monoisotopic (exact) mass is 1190 g/mol. The highest BCUT2D eigenvalue weighted by atomic mass is 16.5. The molecule has 0 spiro atoms. The van der Waals surface area contributed by atoms with Crippen molar-refractivity contribution in [1.82, 2.24) is 24.3 Å². The summed E-state index contributed by atoms with van der Waals surface area (Å²) in [6, 6.07) is 30.1. The number of hydrogen-bond donors (Lipinski definition) is 4. The summed E-state index contributed by atoms with van der Waals surface area (Å²) in [5.74, 6) is 0.229. The smallest absolute Gasteiger partial charge is 0.408 e. The van der Waals surface area contributed by atoms with Crippen molar-refractivity contribution in [2.75, 3.05) is 77.4 Å². The summed E-state index contributed by atoms with van der Waals surface area (Å²) in [5, 5.41) is 41.4. The normalized spacial score (nSPS) is 18.5. The molecule has 19 heteroatoms. The number of nitrogens with one attached hydrogen (secondary N) is 2. The summed E-state index contributed by atoms with van der Waals surface area (Å²) in [6.45, 7) is 11.1. The van der Waals surface area contributed by atoms with Gasteiger partial charge in [0.15, 0.2) is 40.1 Å². The van der Waals surface area contributed by atoms with E-state index in [4.69, 9.17) is 18.9 Å². The van der Waals surface area contributed by atoms with Gasteiger partial charge >= 0.3 is 6.09 Å². The molecular formula is C69H76N9O10+. The molecule has 5 heterocycles. The Hall–Kier alpha value is -9.49. The van der Waals surface area contributed by atoms with E-state index in [9.17, 15) is 29.9 Å². The van der Waals surface area contributed by atoms with E-state index in [0.29, 0.717) is 84.9 Å². The summed E-state index contributed by atoms with van der Waals surface area (Å²) in [4.78, 5) is 46.6. The topological polar surface area (TPSA) is 201 Å². The number of carbonyl (C=O) groups excluding carboxylic acids is 2. The van der Waals surface area contributed by atoms with E-state index >= 15 is 0 Å². The number of ether oxygens (including phenoxy) is 4. The van der Waals surface area contributed by atoms with Gasteiger partial charge in [0.05, 0.1) is 51.7 Å². The first-order valence-electron chi connectivity index (χ1n) is 30.3. The van der Waals surface area contributed by atoms with Crippen LogP contribution in [0.2, 0.25) is 0 Å². The maximum atomic E-state index is 14.0. The average molecular weight is 1190 g/mol. The van der Waals surface area contributed by atoms with Gasteiger partial charge < -0.3 is 58.8 Å². The third kappa shape index (κ3) is 11.8. The minimum atomic E-state index is -1.22. The first-order valence-corrected chi connectivity index (χ1v) is 30.3. The molecule has 4 N–H and O–H groups in total. The lowest BCUT2D eigenvalue weighted by Crippen LogP contribution is -2.56. The molecule has 3 aliphatic carbocycles. The number of anilines is 2. The number of aromatic nitrogens is 2. The van der Waals surface area contributed by atoms with Crippen molar-refractivity contribution in [3.63, 3.8) is 0 Å². The van der Waals surface area contributed by atoms with Crippen LogP contribution in [0.25, 0.3) is 22.3 Å². The fraction of sp³-hybridized carbons (Fsp3) is 0.348. The number of benzene rings is 4. The molecule has 0 radical (unpaired) electrons. The molecule has 456 valence electrons. The number of hydrogen-bond acceptors (Lipinski definition) is 11. The van der Waals surface area contributed by atoms with Crippen LogP contribution in [0.1, 0.15) is 79.6 Å². The van der Waals surface area contributed by atoms with Crippen LogP contribution >= 0.6 is 0 Å². The van der Waals surface area contributed by atoms with Crippen molar-refractivity contribution in [1.29, 1.82) is 0 Å². The Morgan fingerprint density at radius 3 is 1.78 bits per heavy atom. The van der Waals surface area contributed by atoms with Crippen molar-refractivity contribution in [3.05, 3.63) is 184 Å². The molecule has 12 rings (SSSR count). The molecule has 0 bridgehead atoms. The van der Waals surface area contributed by atoms with Crippen molar-refractivity contribution in [2.24, 2.45) is 17.8 Å². The second kappa shape index (κ2) is 25.1. The molecule has 2 aromatic heterocycles. The average Bonchev–Trinajstić information content (AvgIpc) is 3.79. The van der Waals surface area contributed by atoms with Crippen LogP contribution in [-0.4, -0.2) is 148 Å². The van der Waals surface area contributed by atoms with Crippen LogP contribution in [0.15, 0.2) is 145 Å². The number of methoxy groups -OCH3 is 2. The molecule has 4 atom stereocenters. The van der Waals surface area contributed by atoms with Gasteiger partial charge in [-0.3, -0.25) is 19.7 Å². The zero-order valence-electron chi connectivity index (χ0n) is 50.6. The molecule has 0 saturated carbocycles. The number of nitrogens with zero attached hydrogens (tertiary/aromatic N) is 7. The molecule has 4 unspecified atom stereocenters. The van der Waals surface area contributed by atoms with Crippen LogP contribution in [0.4, 0.5) is 16.2 Å². The van der Waals surface area contributed by atoms with Crippen LogP contribution in [0, 0.1) is 23.0 Å². The highest BCUT2D eigenvalue weighted by Gasteiger charge is 2.40. The Labute approximate surface area is 512 Å². The molecule has 1 fully saturated rings. The van der Waals surface area contributed by atoms with E-state index in [-0.39, 0.29) is 24.3 Å². The fourth-order valence-corrected chi connectivity index (χ4v) is 13.4. The number of hydroxylamine groups is 2. The fourth-order valence-electron chi connectivity index (χ4n) is 13.4. The van der Waals surface area contributed by atoms with E-state index in [2.05, 4.69) is 62.4 Å². The predicted octanol–water partition coefficient (Wildman–Crippen LogP) is 9.92. The number of carbonyl (C=O) groups is 3. The zero-order chi connectivity index (χ0) is 61.3. The molecule has 3 aliphatic heterocycles. The van der Waals surface area contributed by atoms with Crippen molar-refractivity contribution < 1.29 is 53.1 Å². The number of fused-ring (bicyclic) bond motifs is 7. The Bertz CT molecular complexity index is 3800. The second-order valence-corrected chi connectivity index (χ2v) is 24.0. The lowest BCUT2D eigenvalue weighted by Gasteiger charge is -2.34. The van der Waals surface area contributed by atoms with E-state index in [1.807, 2.05) is 95.9 Å². The van der Waals surface area contributed by atoms with Crippen LogP contribution in [0.3, 0.4) is 0 Å². The van der Waals surface area contributed by atoms with Crippen LogP contribution < -0.4 is 34.5 Å². The number of rotatable bonds is 19. The number of allylic oxidation sites excluding steroid dienone is 8. The quantitative estimate of drug-likeness (QED) is 0.0259. The van der Waals surface area contributed by atoms with E-state index < -0.39 is 35.9 Å². The third-order valence-electron chi connectivity index (χ3n) is 18.0. The minimum Gasteiger partial charge on any atom is -0.618 e. The van der Waals surface area contributed by atoms with Gasteiger partial charge in [-0.05, 0) is 102 Å². The van der Waals surface area contributed by atoms with E-state index in [1.54, 1.807) is 53.3 Å². The predicted molar refractivity (Wildman–Crippen MR) is 338 cm³/mol. The first kappa shape index (κ1) is 58.9. The third-order valence-corrected chi connectivity index (χ3v) is 18.0. The number of likely N-dealkylation sites (N-methyl/N-ethyl adjacent to an activating group) is 1. The van der Waals surface area contributed by atoms with Gasteiger partial charge in [-0.15, -0.1) is 0 Å². The largest absolute Gasteiger partial charge is 0.618 e. The van der Waals surface area contributed by atoms with Crippen molar-refractivity contribution in [2.45, 2.75) is 71.1 Å². The van der Waals surface area contributed by atoms with Gasteiger partial charge in [0.25, 0.3) is 0 Å². The molecule has 6 aliphatic rings. The summed E-state index contributed by atoms with van der Waals surface area (Å²) < 4.78 is 30.6. The Morgan fingerprint density at radius 1 is 0.693 bits per heavy atom. The van der Waals surface area contributed by atoms with E-state index in [0.717, 1.165) is 76.4 Å². The number of carboxylic acid groups (broad SMARTS) is 1. The minimum absolute atomic E-state index is 0.0112. The molecule has 19 nitrogen and oxygen atoms in total. The van der Waals surface area contributed by atoms with E-state index in [1.165, 1.54) is 32.7 Å². The Balaban J connectivity index is 0.633. The Kier molecular flexibility index (Phi) is 16.8. The van der Waals surface area contributed by atoms with Crippen LogP contribution in [-0.2, 0) is 22.7 Å². The molecule has 4 aromatic carbocycles. The van der Waals surface area contributed by atoms with Gasteiger partial charge in [0, 0.05) is 86.4 Å². The number of piperazine rings is 1. The summed E-state index contributed by atoms with van der Waals surface area (Å²) in [7, 11) is 5.33. The van der Waals surface area contributed by atoms with Gasteiger partial charge in [-0.25, -0.2) is 4.79 Å². The highest BCUT2D eigenvalue weighted by Crippen LogP contribution is 2.46. The standard InChI is InChI=1S/C69H75N9O10/c1-43(2)64(76(69(81)82)38-57-55-14-9-7-12-53(55)54-13-8-10-15-56(54)57)68(80)70-44(3)67(79)71-51-22-16-45(17-23-51)47-20-26-58-49(34-47)36-74-41-62(65(85-5)60(74)39-77(58)83)87-32-11-33-88-63-42-75-37-50-35-48(21-27-59(50)78(84)40-61(75)66(63)86-6)46-18-24-52(25-19-46)73-30-28-72(4)29-31-73/h7-10,12-27,39-44,49-50,57,64H,11,28-38H2,1-6H3,(H3-,70,71,79,80,81,82,84)/p+1. The highest BCUT2D eigenvalue weighted by molar-refractivity contribution is 5.98. The molecular weight excluding hydrogens is 1110 g/mol. The Morgan fingerprint density at radius 2 is 1.23 bits per heavy atom. The molecule has 1 saturated heterocycles. The van der Waals surface area contributed by atoms with Crippen molar-refractivity contribution >= 4 is 52.9 Å². The lowest BCUT2D eigenvalue weighted by molar-refractivity contribution is -0.738. The van der Waals surface area contributed by atoms with Crippen LogP contribution in [0.5, 0.6) is 23.0 Å². The van der Waals surface area contributed by atoms with Crippen molar-refractivity contribution in [3.8, 4) is 34.1 Å². The summed E-state index contributed by atoms with van der Waals surface area (Å²) in [5.41, 5.74) is 13.0. The molecule has 3 amide bonds. The van der Waals surface area contributed by atoms with Gasteiger partial charge in [0.2, 0.25) is 29.9 Å². The summed E-state index contributed by atoms with van der Waals surface area (Å²) in [6.07, 6.45) is 15.6. The summed E-state index contributed by atoms with van der Waals surface area (Å²) >= 11 is 0. The molecule has 6 aromatic rings. The lowest BCUT2D eigenvalue weighted by atomic mass is 9.87. The number of amides is 3. The zero-order valence-corrected chi connectivity index (χ0v) is 50.6. The van der Waals surface area contributed by atoms with Gasteiger partial charge in [-0.1, -0.05) is 98.8 Å². The van der Waals surface area contributed by atoms with Gasteiger partial charge in [0.1, 0.15) is 12.1 Å². The second-order valence-electron chi connectivity index (χ2n) is 24.0. The van der Waals surface area contributed by atoms with Gasteiger partial charge in [-0.2, -0.15) is 4.74 Å². The first-order chi connectivity index (χ1) is 42.6. The maximum absolute atomic E-state index is 14.0. The molecule has 88 heavy (non-hydrogen) atoms. The maximum Gasteiger partial charge on any atom is 0.408 e.